The molecule has 0 spiro atoms. The average molecular weight is 181 g/mol. The third kappa shape index (κ3) is 3.90. The maximum atomic E-state index is 11.3. The summed E-state index contributed by atoms with van der Waals surface area (Å²) in [6, 6.07) is 2.45. The van der Waals surface area contributed by atoms with Crippen molar-refractivity contribution in [1.29, 1.82) is 5.26 Å². The summed E-state index contributed by atoms with van der Waals surface area (Å²) in [5.41, 5.74) is 0. The minimum absolute atomic E-state index is 0.0413. The van der Waals surface area contributed by atoms with Gasteiger partial charge in [0.05, 0.1) is 19.2 Å². The maximum Gasteiger partial charge on any atom is 0.234 e. The molecule has 1 N–H and O–H groups in total. The molecule has 0 aromatic carbocycles. The Morgan fingerprint density at radius 1 is 1.69 bits per heavy atom. The molecule has 0 aliphatic heterocycles. The van der Waals surface area contributed by atoms with Gasteiger partial charge in [0.2, 0.25) is 5.91 Å². The Bertz CT molecular complexity index is 217. The van der Waals surface area contributed by atoms with E-state index < -0.39 is 0 Å². The average Bonchev–Trinajstić information content (AvgIpc) is 2.87. The van der Waals surface area contributed by atoms with Gasteiger partial charge in [-0.3, -0.25) is 9.69 Å². The summed E-state index contributed by atoms with van der Waals surface area (Å²) in [5, 5.41) is 11.3. The molecular weight excluding hydrogens is 166 g/mol. The smallest absolute Gasteiger partial charge is 0.234 e. The van der Waals surface area contributed by atoms with Crippen LogP contribution in [0.2, 0.25) is 0 Å². The fraction of sp³-hybridized carbons (Fsp3) is 0.778. The van der Waals surface area contributed by atoms with Gasteiger partial charge in [-0.1, -0.05) is 6.92 Å². The second-order valence-electron chi connectivity index (χ2n) is 3.30. The van der Waals surface area contributed by atoms with E-state index >= 15 is 0 Å². The summed E-state index contributed by atoms with van der Waals surface area (Å²) in [5.74, 6) is 0.0413. The van der Waals surface area contributed by atoms with Crippen molar-refractivity contribution in [3.63, 3.8) is 0 Å². The van der Waals surface area contributed by atoms with Gasteiger partial charge >= 0.3 is 0 Å². The highest BCUT2D eigenvalue weighted by molar-refractivity contribution is 5.78. The van der Waals surface area contributed by atoms with Crippen molar-refractivity contribution in [3.05, 3.63) is 0 Å². The number of nitrogens with one attached hydrogen (secondary N) is 1. The maximum absolute atomic E-state index is 11.3. The molecule has 0 unspecified atom stereocenters. The Kier molecular flexibility index (Phi) is 3.71. The highest BCUT2D eigenvalue weighted by Crippen LogP contribution is 2.18. The molecule has 1 saturated carbocycles. The van der Waals surface area contributed by atoms with Crippen LogP contribution in [0, 0.1) is 11.3 Å². The van der Waals surface area contributed by atoms with Crippen LogP contribution >= 0.6 is 0 Å². The van der Waals surface area contributed by atoms with E-state index in [0.29, 0.717) is 19.1 Å². The van der Waals surface area contributed by atoms with E-state index in [-0.39, 0.29) is 5.91 Å². The molecule has 0 saturated heterocycles. The third-order valence-electron chi connectivity index (χ3n) is 2.05. The van der Waals surface area contributed by atoms with Crippen LogP contribution in [-0.4, -0.2) is 36.5 Å². The first kappa shape index (κ1) is 10.0. The Morgan fingerprint density at radius 3 is 2.85 bits per heavy atom. The van der Waals surface area contributed by atoms with Crippen LogP contribution in [-0.2, 0) is 4.79 Å². The number of hydrogen-bond donors (Lipinski definition) is 1. The molecule has 1 fully saturated rings. The molecule has 0 bridgehead atoms. The van der Waals surface area contributed by atoms with Crippen molar-refractivity contribution in [2.45, 2.75) is 25.8 Å². The monoisotopic (exact) mass is 181 g/mol. The van der Waals surface area contributed by atoms with Gasteiger partial charge in [0.15, 0.2) is 0 Å². The molecule has 0 aromatic rings. The van der Waals surface area contributed by atoms with Crippen molar-refractivity contribution in [2.24, 2.45) is 0 Å². The zero-order chi connectivity index (χ0) is 9.68. The summed E-state index contributed by atoms with van der Waals surface area (Å²) in [6.45, 7) is 3.36. The Hall–Kier alpha value is -1.08. The summed E-state index contributed by atoms with van der Waals surface area (Å²) in [6.07, 6.45) is 2.21. The molecule has 1 amide bonds. The van der Waals surface area contributed by atoms with Crippen molar-refractivity contribution < 1.29 is 4.79 Å². The molecule has 4 heteroatoms. The number of hydrogen-bond acceptors (Lipinski definition) is 3. The van der Waals surface area contributed by atoms with E-state index in [1.807, 2.05) is 17.9 Å². The van der Waals surface area contributed by atoms with E-state index in [0.717, 1.165) is 19.4 Å². The summed E-state index contributed by atoms with van der Waals surface area (Å²) >= 11 is 0. The lowest BCUT2D eigenvalue weighted by molar-refractivity contribution is -0.122. The first-order valence-electron chi connectivity index (χ1n) is 4.65. The van der Waals surface area contributed by atoms with Crippen LogP contribution in [0.4, 0.5) is 0 Å². The minimum Gasteiger partial charge on any atom is -0.352 e. The van der Waals surface area contributed by atoms with Crippen LogP contribution in [0.1, 0.15) is 19.8 Å². The van der Waals surface area contributed by atoms with Gasteiger partial charge in [0.1, 0.15) is 0 Å². The quantitative estimate of drug-likeness (QED) is 0.612. The highest BCUT2D eigenvalue weighted by atomic mass is 16.2. The van der Waals surface area contributed by atoms with Crippen LogP contribution < -0.4 is 5.32 Å². The standard InChI is InChI=1S/C9H15N3O/c1-2-12(6-5-10)7-9(13)11-8-3-4-8/h8H,2-4,6-7H2,1H3,(H,11,13). The number of nitrogens with zero attached hydrogens (tertiary/aromatic N) is 2. The number of amides is 1. The van der Waals surface area contributed by atoms with Gasteiger partial charge in [-0.25, -0.2) is 0 Å². The molecule has 0 aromatic heterocycles. The first-order valence-corrected chi connectivity index (χ1v) is 4.65. The van der Waals surface area contributed by atoms with E-state index in [9.17, 15) is 4.79 Å². The molecular formula is C9H15N3O. The lowest BCUT2D eigenvalue weighted by atomic mass is 10.4. The number of likely N-dealkylation sites (N-methyl/N-ethyl adjacent to an activating group) is 1. The van der Waals surface area contributed by atoms with Crippen molar-refractivity contribution in [1.82, 2.24) is 10.2 Å². The van der Waals surface area contributed by atoms with E-state index in [2.05, 4.69) is 5.32 Å². The number of carbonyl (C=O) groups excluding carboxylic acids is 1. The van der Waals surface area contributed by atoms with Crippen molar-refractivity contribution in [2.75, 3.05) is 19.6 Å². The Labute approximate surface area is 78.5 Å². The van der Waals surface area contributed by atoms with Gasteiger partial charge in [0, 0.05) is 6.04 Å². The van der Waals surface area contributed by atoms with Crippen LogP contribution in [0.5, 0.6) is 0 Å². The lowest BCUT2D eigenvalue weighted by Crippen LogP contribution is -2.38. The second kappa shape index (κ2) is 4.83. The molecule has 4 nitrogen and oxygen atoms in total. The van der Waals surface area contributed by atoms with E-state index in [1.54, 1.807) is 0 Å². The van der Waals surface area contributed by atoms with Gasteiger partial charge in [-0.2, -0.15) is 5.26 Å². The molecule has 0 atom stereocenters. The van der Waals surface area contributed by atoms with Crippen LogP contribution in [0.3, 0.4) is 0 Å². The lowest BCUT2D eigenvalue weighted by Gasteiger charge is -2.15. The third-order valence-corrected chi connectivity index (χ3v) is 2.05. The predicted molar refractivity (Wildman–Crippen MR) is 48.9 cm³/mol. The summed E-state index contributed by atoms with van der Waals surface area (Å²) in [7, 11) is 0. The first-order chi connectivity index (χ1) is 6.26. The zero-order valence-corrected chi connectivity index (χ0v) is 7.92. The fourth-order valence-electron chi connectivity index (χ4n) is 1.08. The molecule has 1 aliphatic carbocycles. The minimum atomic E-state index is 0.0413. The fourth-order valence-corrected chi connectivity index (χ4v) is 1.08. The Morgan fingerprint density at radius 2 is 2.38 bits per heavy atom. The summed E-state index contributed by atoms with van der Waals surface area (Å²) in [4.78, 5) is 13.1. The topological polar surface area (TPSA) is 56.1 Å². The van der Waals surface area contributed by atoms with Gasteiger partial charge in [-0.05, 0) is 19.4 Å². The molecule has 0 radical (unpaired) electrons. The molecule has 1 aliphatic rings. The van der Waals surface area contributed by atoms with E-state index in [4.69, 9.17) is 5.26 Å². The van der Waals surface area contributed by atoms with Crippen molar-refractivity contribution in [3.8, 4) is 6.07 Å². The number of rotatable bonds is 5. The van der Waals surface area contributed by atoms with Gasteiger partial charge in [-0.15, -0.1) is 0 Å². The Balaban J connectivity index is 2.19. The van der Waals surface area contributed by atoms with E-state index in [1.165, 1.54) is 0 Å². The van der Waals surface area contributed by atoms with Crippen LogP contribution in [0.25, 0.3) is 0 Å². The molecule has 0 heterocycles. The largest absolute Gasteiger partial charge is 0.352 e. The number of nitriles is 1. The second-order valence-corrected chi connectivity index (χ2v) is 3.30. The molecule has 72 valence electrons. The normalized spacial score (nSPS) is 15.5. The SMILES string of the molecule is CCN(CC#N)CC(=O)NC1CC1. The van der Waals surface area contributed by atoms with Gasteiger partial charge < -0.3 is 5.32 Å². The van der Waals surface area contributed by atoms with Crippen LogP contribution in [0.15, 0.2) is 0 Å². The molecule has 13 heavy (non-hydrogen) atoms. The zero-order valence-electron chi connectivity index (χ0n) is 7.92. The van der Waals surface area contributed by atoms with Gasteiger partial charge in [0.25, 0.3) is 0 Å². The summed E-state index contributed by atoms with van der Waals surface area (Å²) < 4.78 is 0. The van der Waals surface area contributed by atoms with Crippen molar-refractivity contribution >= 4 is 5.91 Å². The molecule has 1 rings (SSSR count). The highest BCUT2D eigenvalue weighted by Gasteiger charge is 2.23. The predicted octanol–water partition coefficient (Wildman–Crippen LogP) is 0.110. The number of carbonyl (C=O) groups is 1.